The lowest BCUT2D eigenvalue weighted by Gasteiger charge is -2.57. The number of nitrogens with zero attached hydrogens (tertiary/aromatic N) is 3. The number of carbonyl (C=O) groups is 1. The number of rotatable bonds is 3. The molecule has 4 heterocycles. The number of aromatic nitrogens is 1. The molecule has 4 bridgehead atoms. The van der Waals surface area contributed by atoms with Crippen molar-refractivity contribution in [3.05, 3.63) is 41.7 Å². The van der Waals surface area contributed by atoms with Crippen LogP contribution in [-0.4, -0.2) is 54.1 Å². The van der Waals surface area contributed by atoms with Gasteiger partial charge in [0, 0.05) is 36.6 Å². The molecule has 8 heteroatoms. The molecule has 2 aromatic rings. The first-order valence-electron chi connectivity index (χ1n) is 13.6. The van der Waals surface area contributed by atoms with Gasteiger partial charge in [-0.1, -0.05) is 11.8 Å². The van der Waals surface area contributed by atoms with Gasteiger partial charge >= 0.3 is 0 Å². The number of hydrogen-bond acceptors (Lipinski definition) is 7. The van der Waals surface area contributed by atoms with E-state index < -0.39 is 0 Å². The number of benzene rings is 1. The third-order valence-corrected chi connectivity index (χ3v) is 10.7. The minimum atomic E-state index is -0.359. The van der Waals surface area contributed by atoms with Crippen LogP contribution < -0.4 is 9.47 Å². The van der Waals surface area contributed by atoms with Gasteiger partial charge in [-0.25, -0.2) is 0 Å². The fraction of sp³-hybridized carbons (Fsp3) is 0.552. The highest BCUT2D eigenvalue weighted by atomic mass is 32.2. The Morgan fingerprint density at radius 3 is 2.43 bits per heavy atom. The fourth-order valence-electron chi connectivity index (χ4n) is 8.22. The predicted octanol–water partition coefficient (Wildman–Crippen LogP) is 4.95. The van der Waals surface area contributed by atoms with Crippen LogP contribution in [0.1, 0.15) is 54.9 Å². The Hall–Kier alpha value is -2.58. The van der Waals surface area contributed by atoms with Crippen LogP contribution in [0.2, 0.25) is 0 Å². The number of pyridine rings is 1. The van der Waals surface area contributed by atoms with Crippen LogP contribution in [0.4, 0.5) is 0 Å². The van der Waals surface area contributed by atoms with Gasteiger partial charge in [-0.15, -0.1) is 0 Å². The van der Waals surface area contributed by atoms with Crippen molar-refractivity contribution in [1.29, 1.82) is 0 Å². The van der Waals surface area contributed by atoms with E-state index in [9.17, 15) is 4.79 Å². The zero-order valence-corrected chi connectivity index (χ0v) is 21.7. The number of carbonyl (C=O) groups excluding carboxylic acids is 1. The molecule has 1 atom stereocenters. The van der Waals surface area contributed by atoms with Gasteiger partial charge in [0.25, 0.3) is 5.91 Å². The van der Waals surface area contributed by atoms with Crippen molar-refractivity contribution in [2.24, 2.45) is 22.7 Å². The Morgan fingerprint density at radius 1 is 0.919 bits per heavy atom. The summed E-state index contributed by atoms with van der Waals surface area (Å²) in [6.45, 7) is 3.17. The van der Waals surface area contributed by atoms with Crippen LogP contribution in [0.5, 0.6) is 11.5 Å². The quantitative estimate of drug-likeness (QED) is 0.571. The molecule has 7 aliphatic rings. The molecular weight excluding hydrogens is 486 g/mol. The van der Waals surface area contributed by atoms with Gasteiger partial charge in [0.05, 0.1) is 13.2 Å². The Bertz CT molecular complexity index is 1270. The lowest BCUT2D eigenvalue weighted by Crippen LogP contribution is -2.48. The maximum atomic E-state index is 12.9. The Morgan fingerprint density at radius 2 is 1.68 bits per heavy atom. The smallest absolute Gasteiger partial charge is 0.266 e. The standard InChI is InChI=1S/C29H31N3O4S/c33-27-26(37-28(31-27)32-1-3-34-4-2-32)22-8-21(14-30-15-22)20-9-23(25-24(10-20)35-16-36-25)29-11-17-5-18(12-29)7-19(6-17)13-29/h8-10,14-15,17-19,26H,1-7,11-13,16H2. The van der Waals surface area contributed by atoms with Gasteiger partial charge in [-0.2, -0.15) is 4.99 Å². The third kappa shape index (κ3) is 3.70. The van der Waals surface area contributed by atoms with Crippen molar-refractivity contribution in [2.75, 3.05) is 33.1 Å². The molecule has 0 spiro atoms. The normalized spacial score (nSPS) is 33.8. The van der Waals surface area contributed by atoms with E-state index in [2.05, 4.69) is 33.1 Å². The van der Waals surface area contributed by atoms with Crippen molar-refractivity contribution in [3.63, 3.8) is 0 Å². The number of thioether (sulfide) groups is 1. The van der Waals surface area contributed by atoms with Crippen LogP contribution >= 0.6 is 11.8 Å². The number of amides is 1. The first kappa shape index (κ1) is 22.4. The number of fused-ring (bicyclic) bond motifs is 1. The van der Waals surface area contributed by atoms with Gasteiger partial charge < -0.3 is 19.1 Å². The molecule has 4 saturated carbocycles. The average molecular weight is 518 g/mol. The number of ether oxygens (including phenoxy) is 3. The maximum absolute atomic E-state index is 12.9. The van der Waals surface area contributed by atoms with Crippen molar-refractivity contribution >= 4 is 22.8 Å². The summed E-state index contributed by atoms with van der Waals surface area (Å²) >= 11 is 1.53. The summed E-state index contributed by atoms with van der Waals surface area (Å²) in [4.78, 5) is 24.0. The van der Waals surface area contributed by atoms with Crippen molar-refractivity contribution in [3.8, 4) is 22.6 Å². The van der Waals surface area contributed by atoms with E-state index in [1.807, 2.05) is 12.4 Å². The number of morpholine rings is 1. The molecule has 1 aromatic carbocycles. The van der Waals surface area contributed by atoms with Crippen molar-refractivity contribution < 1.29 is 19.0 Å². The fourth-order valence-corrected chi connectivity index (χ4v) is 9.32. The second-order valence-electron chi connectivity index (χ2n) is 11.8. The summed E-state index contributed by atoms with van der Waals surface area (Å²) in [5.74, 6) is 4.25. The van der Waals surface area contributed by atoms with E-state index in [0.717, 1.165) is 64.2 Å². The van der Waals surface area contributed by atoms with Gasteiger partial charge in [0.1, 0.15) is 5.25 Å². The molecule has 1 saturated heterocycles. The highest BCUT2D eigenvalue weighted by Crippen LogP contribution is 2.63. The summed E-state index contributed by atoms with van der Waals surface area (Å²) in [6.07, 6.45) is 11.7. The summed E-state index contributed by atoms with van der Waals surface area (Å²) in [7, 11) is 0. The average Bonchev–Trinajstić information content (AvgIpc) is 3.54. The molecule has 7 nitrogen and oxygen atoms in total. The van der Waals surface area contributed by atoms with E-state index in [-0.39, 0.29) is 23.4 Å². The van der Waals surface area contributed by atoms with E-state index in [0.29, 0.717) is 13.2 Å². The maximum Gasteiger partial charge on any atom is 0.266 e. The molecule has 4 aliphatic carbocycles. The zero-order chi connectivity index (χ0) is 24.6. The second kappa shape index (κ2) is 8.46. The van der Waals surface area contributed by atoms with E-state index in [1.165, 1.54) is 55.9 Å². The molecule has 1 unspecified atom stereocenters. The molecule has 3 aliphatic heterocycles. The topological polar surface area (TPSA) is 73.3 Å². The molecule has 0 N–H and O–H groups in total. The van der Waals surface area contributed by atoms with Crippen molar-refractivity contribution in [2.45, 2.75) is 49.2 Å². The van der Waals surface area contributed by atoms with E-state index >= 15 is 0 Å². The van der Waals surface area contributed by atoms with Crippen LogP contribution in [0.25, 0.3) is 11.1 Å². The molecule has 0 radical (unpaired) electrons. The van der Waals surface area contributed by atoms with E-state index in [1.54, 1.807) is 0 Å². The molecule has 37 heavy (non-hydrogen) atoms. The Kier molecular flexibility index (Phi) is 5.13. The van der Waals surface area contributed by atoms with Crippen LogP contribution in [0.3, 0.4) is 0 Å². The van der Waals surface area contributed by atoms with Crippen LogP contribution in [-0.2, 0) is 14.9 Å². The summed E-state index contributed by atoms with van der Waals surface area (Å²) < 4.78 is 17.5. The second-order valence-corrected chi connectivity index (χ2v) is 12.9. The minimum absolute atomic E-state index is 0.106. The molecular formula is C29H31N3O4S. The monoisotopic (exact) mass is 517 g/mol. The highest BCUT2D eigenvalue weighted by Gasteiger charge is 2.53. The SMILES string of the molecule is O=C1N=C(N2CCOCC2)SC1c1cncc(-c2cc3c(c(C45CC6CC(CC(C6)C4)C5)c2)OCO3)c1. The first-order chi connectivity index (χ1) is 18.1. The lowest BCUT2D eigenvalue weighted by atomic mass is 9.48. The number of amidine groups is 1. The predicted molar refractivity (Wildman–Crippen MR) is 141 cm³/mol. The van der Waals surface area contributed by atoms with Gasteiger partial charge in [-0.05, 0) is 91.0 Å². The third-order valence-electron chi connectivity index (χ3n) is 9.41. The van der Waals surface area contributed by atoms with Gasteiger partial charge in [0.2, 0.25) is 6.79 Å². The molecule has 5 fully saturated rings. The lowest BCUT2D eigenvalue weighted by molar-refractivity contribution is -0.117. The molecule has 9 rings (SSSR count). The van der Waals surface area contributed by atoms with Crippen molar-refractivity contribution in [1.82, 2.24) is 9.88 Å². The Labute approximate surface area is 221 Å². The largest absolute Gasteiger partial charge is 0.454 e. The zero-order valence-electron chi connectivity index (χ0n) is 20.9. The molecule has 1 aromatic heterocycles. The van der Waals surface area contributed by atoms with Crippen LogP contribution in [0.15, 0.2) is 35.6 Å². The van der Waals surface area contributed by atoms with E-state index in [4.69, 9.17) is 14.2 Å². The first-order valence-corrected chi connectivity index (χ1v) is 14.5. The molecule has 192 valence electrons. The van der Waals surface area contributed by atoms with Crippen LogP contribution in [0, 0.1) is 17.8 Å². The summed E-state index contributed by atoms with van der Waals surface area (Å²) in [5, 5.41) is 0.442. The number of aliphatic imine (C=N–C) groups is 1. The van der Waals surface area contributed by atoms with Gasteiger partial charge in [0.15, 0.2) is 16.7 Å². The van der Waals surface area contributed by atoms with Gasteiger partial charge in [-0.3, -0.25) is 9.78 Å². The number of hydrogen-bond donors (Lipinski definition) is 0. The highest BCUT2D eigenvalue weighted by molar-refractivity contribution is 8.15. The summed E-state index contributed by atoms with van der Waals surface area (Å²) in [6, 6.07) is 6.55. The minimum Gasteiger partial charge on any atom is -0.454 e. The Balaban J connectivity index is 1.13. The molecule has 1 amide bonds. The summed E-state index contributed by atoms with van der Waals surface area (Å²) in [5.41, 5.74) is 4.54.